The molecule has 0 aliphatic carbocycles. The SMILES string of the molecule is CC(C)=C1C(=O)Sc2ccccc2C1=O. The lowest BCUT2D eigenvalue weighted by molar-refractivity contribution is -0.107. The molecule has 1 aliphatic rings. The number of ketones is 1. The predicted molar refractivity (Wildman–Crippen MR) is 60.0 cm³/mol. The van der Waals surface area contributed by atoms with Crippen LogP contribution in [-0.4, -0.2) is 10.9 Å². The first-order valence-corrected chi connectivity index (χ1v) is 5.46. The van der Waals surface area contributed by atoms with E-state index in [2.05, 4.69) is 0 Å². The number of thioether (sulfide) groups is 1. The minimum Gasteiger partial charge on any atom is -0.288 e. The number of carbonyl (C=O) groups excluding carboxylic acids is 2. The molecule has 2 rings (SSSR count). The third kappa shape index (κ3) is 1.63. The maximum absolute atomic E-state index is 12.0. The Hall–Kier alpha value is -1.35. The van der Waals surface area contributed by atoms with Crippen molar-refractivity contribution in [3.63, 3.8) is 0 Å². The van der Waals surface area contributed by atoms with E-state index >= 15 is 0 Å². The van der Waals surface area contributed by atoms with Gasteiger partial charge in [-0.2, -0.15) is 0 Å². The van der Waals surface area contributed by atoms with Crippen molar-refractivity contribution in [1.29, 1.82) is 0 Å². The second-order valence-corrected chi connectivity index (χ2v) is 4.60. The van der Waals surface area contributed by atoms with Gasteiger partial charge in [0.1, 0.15) is 0 Å². The van der Waals surface area contributed by atoms with Crippen molar-refractivity contribution in [1.82, 2.24) is 0 Å². The zero-order chi connectivity index (χ0) is 11.0. The van der Waals surface area contributed by atoms with Crippen LogP contribution in [0.5, 0.6) is 0 Å². The van der Waals surface area contributed by atoms with Crippen LogP contribution in [0, 0.1) is 0 Å². The second kappa shape index (κ2) is 3.66. The summed E-state index contributed by atoms with van der Waals surface area (Å²) in [6.45, 7) is 3.58. The van der Waals surface area contributed by atoms with Crippen molar-refractivity contribution in [2.75, 3.05) is 0 Å². The molecule has 0 bridgehead atoms. The molecule has 15 heavy (non-hydrogen) atoms. The average Bonchev–Trinajstić information content (AvgIpc) is 2.17. The fourth-order valence-electron chi connectivity index (χ4n) is 1.55. The summed E-state index contributed by atoms with van der Waals surface area (Å²) in [4.78, 5) is 24.4. The van der Waals surface area contributed by atoms with Gasteiger partial charge in [-0.15, -0.1) is 0 Å². The first-order chi connectivity index (χ1) is 7.11. The van der Waals surface area contributed by atoms with Gasteiger partial charge in [-0.1, -0.05) is 17.7 Å². The summed E-state index contributed by atoms with van der Waals surface area (Å²) >= 11 is 1.13. The van der Waals surface area contributed by atoms with E-state index in [0.717, 1.165) is 22.2 Å². The van der Waals surface area contributed by atoms with E-state index in [1.807, 2.05) is 12.1 Å². The van der Waals surface area contributed by atoms with Gasteiger partial charge in [-0.25, -0.2) is 0 Å². The zero-order valence-electron chi connectivity index (χ0n) is 8.53. The Morgan fingerprint density at radius 3 is 2.47 bits per heavy atom. The van der Waals surface area contributed by atoms with E-state index in [-0.39, 0.29) is 10.9 Å². The molecular weight excluding hydrogens is 208 g/mol. The molecule has 0 radical (unpaired) electrons. The molecule has 2 nitrogen and oxygen atoms in total. The topological polar surface area (TPSA) is 34.1 Å². The largest absolute Gasteiger partial charge is 0.288 e. The number of rotatable bonds is 0. The Balaban J connectivity index is 2.63. The molecule has 1 heterocycles. The molecule has 0 N–H and O–H groups in total. The molecule has 0 atom stereocenters. The minimum absolute atomic E-state index is 0.140. The molecule has 0 spiro atoms. The van der Waals surface area contributed by atoms with Gasteiger partial charge in [0.2, 0.25) is 5.12 Å². The Morgan fingerprint density at radius 1 is 1.13 bits per heavy atom. The van der Waals surface area contributed by atoms with Crippen LogP contribution < -0.4 is 0 Å². The van der Waals surface area contributed by atoms with Gasteiger partial charge in [0.25, 0.3) is 0 Å². The number of benzene rings is 1. The van der Waals surface area contributed by atoms with Crippen LogP contribution in [0.1, 0.15) is 24.2 Å². The van der Waals surface area contributed by atoms with Gasteiger partial charge in [0, 0.05) is 10.5 Å². The molecule has 0 fully saturated rings. The standard InChI is InChI=1S/C12H10O2S/c1-7(2)10-11(13)8-5-3-4-6-9(8)15-12(10)14/h3-6H,1-2H3. The zero-order valence-corrected chi connectivity index (χ0v) is 9.35. The maximum Gasteiger partial charge on any atom is 0.228 e. The van der Waals surface area contributed by atoms with Crippen LogP contribution in [0.25, 0.3) is 0 Å². The molecule has 1 aromatic rings. The molecule has 0 amide bonds. The normalized spacial score (nSPS) is 15.2. The van der Waals surface area contributed by atoms with Gasteiger partial charge >= 0.3 is 0 Å². The first-order valence-electron chi connectivity index (χ1n) is 4.64. The van der Waals surface area contributed by atoms with Crippen molar-refractivity contribution in [2.45, 2.75) is 18.7 Å². The summed E-state index contributed by atoms with van der Waals surface area (Å²) in [5.41, 5.74) is 1.75. The summed E-state index contributed by atoms with van der Waals surface area (Å²) < 4.78 is 0. The Bertz CT molecular complexity index is 482. The summed E-state index contributed by atoms with van der Waals surface area (Å²) in [6.07, 6.45) is 0. The van der Waals surface area contributed by atoms with Crippen LogP contribution >= 0.6 is 11.8 Å². The van der Waals surface area contributed by atoms with E-state index in [1.165, 1.54) is 0 Å². The summed E-state index contributed by atoms with van der Waals surface area (Å²) in [5.74, 6) is -0.144. The van der Waals surface area contributed by atoms with E-state index in [0.29, 0.717) is 11.1 Å². The van der Waals surface area contributed by atoms with Gasteiger partial charge in [0.15, 0.2) is 5.78 Å². The van der Waals surface area contributed by atoms with Crippen LogP contribution in [-0.2, 0) is 4.79 Å². The number of Topliss-reactive ketones (excluding diaryl/α,β-unsaturated/α-hetero) is 1. The molecule has 1 aliphatic heterocycles. The van der Waals surface area contributed by atoms with Gasteiger partial charge in [-0.05, 0) is 37.7 Å². The highest BCUT2D eigenvalue weighted by atomic mass is 32.2. The fourth-order valence-corrected chi connectivity index (χ4v) is 2.57. The summed E-state index contributed by atoms with van der Waals surface area (Å²) in [7, 11) is 0. The highest BCUT2D eigenvalue weighted by molar-refractivity contribution is 8.14. The van der Waals surface area contributed by atoms with Gasteiger partial charge in [0.05, 0.1) is 5.57 Å². The molecule has 3 heteroatoms. The van der Waals surface area contributed by atoms with Gasteiger partial charge in [-0.3, -0.25) is 9.59 Å². The Morgan fingerprint density at radius 2 is 1.80 bits per heavy atom. The van der Waals surface area contributed by atoms with Gasteiger partial charge < -0.3 is 0 Å². The third-order valence-electron chi connectivity index (χ3n) is 2.27. The molecule has 1 aromatic carbocycles. The second-order valence-electron chi connectivity index (χ2n) is 3.59. The van der Waals surface area contributed by atoms with Crippen molar-refractivity contribution >= 4 is 22.7 Å². The van der Waals surface area contributed by atoms with Crippen molar-refractivity contribution in [3.8, 4) is 0 Å². The lowest BCUT2D eigenvalue weighted by Gasteiger charge is -2.16. The van der Waals surface area contributed by atoms with Crippen LogP contribution in [0.2, 0.25) is 0 Å². The monoisotopic (exact) mass is 218 g/mol. The molecule has 0 aromatic heterocycles. The van der Waals surface area contributed by atoms with Crippen molar-refractivity contribution in [3.05, 3.63) is 41.0 Å². The van der Waals surface area contributed by atoms with E-state index < -0.39 is 0 Å². The highest BCUT2D eigenvalue weighted by Crippen LogP contribution is 2.34. The van der Waals surface area contributed by atoms with Crippen LogP contribution in [0.15, 0.2) is 40.3 Å². The number of hydrogen-bond acceptors (Lipinski definition) is 3. The van der Waals surface area contributed by atoms with E-state index in [4.69, 9.17) is 0 Å². The average molecular weight is 218 g/mol. The fraction of sp³-hybridized carbons (Fsp3) is 0.167. The van der Waals surface area contributed by atoms with Crippen molar-refractivity contribution in [2.24, 2.45) is 0 Å². The van der Waals surface area contributed by atoms with E-state index in [9.17, 15) is 9.59 Å². The van der Waals surface area contributed by atoms with E-state index in [1.54, 1.807) is 26.0 Å². The number of hydrogen-bond donors (Lipinski definition) is 0. The third-order valence-corrected chi connectivity index (χ3v) is 3.23. The first kappa shape index (κ1) is 10.2. The minimum atomic E-state index is -0.144. The quantitative estimate of drug-likeness (QED) is 0.496. The van der Waals surface area contributed by atoms with Crippen LogP contribution in [0.3, 0.4) is 0 Å². The molecule has 0 unspecified atom stereocenters. The molecule has 76 valence electrons. The summed E-state index contributed by atoms with van der Waals surface area (Å²) in [6, 6.07) is 7.22. The van der Waals surface area contributed by atoms with Crippen molar-refractivity contribution < 1.29 is 9.59 Å². The lowest BCUT2D eigenvalue weighted by atomic mass is 10.0. The Labute approximate surface area is 92.4 Å². The Kier molecular flexibility index (Phi) is 2.49. The highest BCUT2D eigenvalue weighted by Gasteiger charge is 2.29. The predicted octanol–water partition coefficient (Wildman–Crippen LogP) is 2.84. The lowest BCUT2D eigenvalue weighted by Crippen LogP contribution is -2.18. The summed E-state index contributed by atoms with van der Waals surface area (Å²) in [5, 5.41) is -0.140. The maximum atomic E-state index is 12.0. The number of fused-ring (bicyclic) bond motifs is 1. The molecular formula is C12H10O2S. The number of allylic oxidation sites excluding steroid dienone is 1. The molecule has 0 saturated heterocycles. The van der Waals surface area contributed by atoms with Crippen LogP contribution in [0.4, 0.5) is 0 Å². The molecule has 0 saturated carbocycles. The smallest absolute Gasteiger partial charge is 0.228 e. The number of carbonyl (C=O) groups is 2.